The molecule has 0 spiro atoms. The third-order valence-electron chi connectivity index (χ3n) is 2.94. The van der Waals surface area contributed by atoms with E-state index in [0.29, 0.717) is 6.54 Å². The summed E-state index contributed by atoms with van der Waals surface area (Å²) in [4.78, 5) is 0. The second kappa shape index (κ2) is 3.99. The predicted molar refractivity (Wildman–Crippen MR) is 67.9 cm³/mol. The molecule has 3 heteroatoms. The number of nitrogens with zero attached hydrogens (tertiary/aromatic N) is 1. The van der Waals surface area contributed by atoms with Crippen LogP contribution >= 0.6 is 15.9 Å². The molecule has 0 saturated carbocycles. The van der Waals surface area contributed by atoms with E-state index in [4.69, 9.17) is 5.73 Å². The Morgan fingerprint density at radius 3 is 2.73 bits per heavy atom. The molecule has 1 aromatic carbocycles. The zero-order valence-corrected chi connectivity index (χ0v) is 10.6. The molecule has 80 valence electrons. The number of nitrogens with two attached hydrogens (primary N) is 1. The summed E-state index contributed by atoms with van der Waals surface area (Å²) < 4.78 is 3.37. The Morgan fingerprint density at radius 2 is 2.13 bits per heavy atom. The number of benzene rings is 1. The van der Waals surface area contributed by atoms with Crippen LogP contribution < -0.4 is 5.73 Å². The topological polar surface area (TPSA) is 30.9 Å². The average molecular weight is 267 g/mol. The maximum atomic E-state index is 5.83. The summed E-state index contributed by atoms with van der Waals surface area (Å²) in [7, 11) is 2.10. The van der Waals surface area contributed by atoms with Crippen LogP contribution in [0.4, 0.5) is 0 Å². The van der Waals surface area contributed by atoms with Gasteiger partial charge in [-0.15, -0.1) is 0 Å². The first-order valence-corrected chi connectivity index (χ1v) is 5.94. The van der Waals surface area contributed by atoms with Crippen molar-refractivity contribution in [3.05, 3.63) is 33.9 Å². The molecule has 0 aliphatic heterocycles. The van der Waals surface area contributed by atoms with Crippen molar-refractivity contribution in [1.29, 1.82) is 0 Å². The smallest absolute Gasteiger partial charge is 0.0627 e. The highest BCUT2D eigenvalue weighted by Gasteiger charge is 2.13. The molecular weight excluding hydrogens is 252 g/mol. The number of hydrogen-bond acceptors (Lipinski definition) is 1. The van der Waals surface area contributed by atoms with Crippen LogP contribution in [-0.4, -0.2) is 4.57 Å². The monoisotopic (exact) mass is 266 g/mol. The third kappa shape index (κ3) is 1.50. The predicted octanol–water partition coefficient (Wildman–Crippen LogP) is 2.96. The fourth-order valence-electron chi connectivity index (χ4n) is 2.27. The van der Waals surface area contributed by atoms with Crippen molar-refractivity contribution in [2.24, 2.45) is 12.8 Å². The van der Waals surface area contributed by atoms with Gasteiger partial charge in [-0.1, -0.05) is 19.1 Å². The van der Waals surface area contributed by atoms with Crippen molar-refractivity contribution in [3.8, 4) is 0 Å². The summed E-state index contributed by atoms with van der Waals surface area (Å²) in [5.41, 5.74) is 9.68. The second-order valence-corrected chi connectivity index (χ2v) is 4.53. The molecule has 15 heavy (non-hydrogen) atoms. The van der Waals surface area contributed by atoms with E-state index >= 15 is 0 Å². The lowest BCUT2D eigenvalue weighted by atomic mass is 10.1. The van der Waals surface area contributed by atoms with E-state index in [0.717, 1.165) is 10.9 Å². The van der Waals surface area contributed by atoms with Crippen LogP contribution in [0.3, 0.4) is 0 Å². The average Bonchev–Trinajstić information content (AvgIpc) is 2.52. The van der Waals surface area contributed by atoms with Crippen LogP contribution in [0, 0.1) is 0 Å². The van der Waals surface area contributed by atoms with Gasteiger partial charge in [0, 0.05) is 29.1 Å². The van der Waals surface area contributed by atoms with Crippen molar-refractivity contribution < 1.29 is 0 Å². The standard InChI is InChI=1S/C12H15BrN2/c1-3-11-9(7-14)8-5-4-6-10(13)12(8)15(11)2/h4-6H,3,7,14H2,1-2H3. The van der Waals surface area contributed by atoms with Gasteiger partial charge in [-0.3, -0.25) is 0 Å². The van der Waals surface area contributed by atoms with E-state index in [1.165, 1.54) is 22.2 Å². The minimum absolute atomic E-state index is 0.608. The lowest BCUT2D eigenvalue weighted by Gasteiger charge is -2.03. The first-order chi connectivity index (χ1) is 7.20. The van der Waals surface area contributed by atoms with Crippen LogP contribution in [0.5, 0.6) is 0 Å². The lowest BCUT2D eigenvalue weighted by molar-refractivity contribution is 0.841. The molecule has 0 saturated heterocycles. The van der Waals surface area contributed by atoms with Crippen LogP contribution in [0.2, 0.25) is 0 Å². The number of fused-ring (bicyclic) bond motifs is 1. The fourth-order valence-corrected chi connectivity index (χ4v) is 2.90. The van der Waals surface area contributed by atoms with Gasteiger partial charge in [-0.25, -0.2) is 0 Å². The summed E-state index contributed by atoms with van der Waals surface area (Å²) in [5.74, 6) is 0. The molecule has 2 N–H and O–H groups in total. The van der Waals surface area contributed by atoms with Gasteiger partial charge < -0.3 is 10.3 Å². The minimum Gasteiger partial charge on any atom is -0.346 e. The Kier molecular flexibility index (Phi) is 2.85. The van der Waals surface area contributed by atoms with Crippen LogP contribution in [0.15, 0.2) is 22.7 Å². The molecule has 2 nitrogen and oxygen atoms in total. The van der Waals surface area contributed by atoms with E-state index in [2.05, 4.69) is 52.7 Å². The van der Waals surface area contributed by atoms with Gasteiger partial charge >= 0.3 is 0 Å². The SMILES string of the molecule is CCc1c(CN)c2cccc(Br)c2n1C. The van der Waals surface area contributed by atoms with Crippen LogP contribution in [-0.2, 0) is 20.0 Å². The second-order valence-electron chi connectivity index (χ2n) is 3.68. The van der Waals surface area contributed by atoms with Gasteiger partial charge in [-0.2, -0.15) is 0 Å². The van der Waals surface area contributed by atoms with E-state index in [1.807, 2.05) is 0 Å². The quantitative estimate of drug-likeness (QED) is 0.891. The van der Waals surface area contributed by atoms with E-state index in [-0.39, 0.29) is 0 Å². The van der Waals surface area contributed by atoms with Crippen molar-refractivity contribution in [3.63, 3.8) is 0 Å². The molecule has 0 bridgehead atoms. The van der Waals surface area contributed by atoms with Crippen molar-refractivity contribution in [1.82, 2.24) is 4.57 Å². The maximum Gasteiger partial charge on any atom is 0.0627 e. The Morgan fingerprint density at radius 1 is 1.40 bits per heavy atom. The van der Waals surface area contributed by atoms with Crippen molar-refractivity contribution >= 4 is 26.8 Å². The molecule has 2 rings (SSSR count). The van der Waals surface area contributed by atoms with Gasteiger partial charge in [0.2, 0.25) is 0 Å². The molecular formula is C12H15BrN2. The van der Waals surface area contributed by atoms with Crippen LogP contribution in [0.1, 0.15) is 18.2 Å². The fraction of sp³-hybridized carbons (Fsp3) is 0.333. The summed E-state index contributed by atoms with van der Waals surface area (Å²) in [6, 6.07) is 6.27. The Hall–Kier alpha value is -0.800. The molecule has 0 amide bonds. The maximum absolute atomic E-state index is 5.83. The Balaban J connectivity index is 2.91. The number of aromatic nitrogens is 1. The Bertz CT molecular complexity index is 500. The normalized spacial score (nSPS) is 11.2. The Labute approximate surface area is 98.2 Å². The molecule has 1 aromatic heterocycles. The van der Waals surface area contributed by atoms with Gasteiger partial charge in [0.25, 0.3) is 0 Å². The molecule has 2 aromatic rings. The molecule has 0 aliphatic carbocycles. The van der Waals surface area contributed by atoms with Crippen LogP contribution in [0.25, 0.3) is 10.9 Å². The van der Waals surface area contributed by atoms with E-state index in [1.54, 1.807) is 0 Å². The zero-order chi connectivity index (χ0) is 11.0. The van der Waals surface area contributed by atoms with Crippen molar-refractivity contribution in [2.75, 3.05) is 0 Å². The highest BCUT2D eigenvalue weighted by atomic mass is 79.9. The highest BCUT2D eigenvalue weighted by Crippen LogP contribution is 2.30. The van der Waals surface area contributed by atoms with E-state index < -0.39 is 0 Å². The first kappa shape index (κ1) is 10.7. The number of hydrogen-bond donors (Lipinski definition) is 1. The summed E-state index contributed by atoms with van der Waals surface area (Å²) in [6.45, 7) is 2.78. The molecule has 0 atom stereocenters. The molecule has 0 fully saturated rings. The van der Waals surface area contributed by atoms with Gasteiger partial charge in [0.05, 0.1) is 5.52 Å². The van der Waals surface area contributed by atoms with Gasteiger partial charge in [-0.05, 0) is 34.0 Å². The zero-order valence-electron chi connectivity index (χ0n) is 9.05. The summed E-state index contributed by atoms with van der Waals surface area (Å²) in [6.07, 6.45) is 1.02. The largest absolute Gasteiger partial charge is 0.346 e. The van der Waals surface area contributed by atoms with E-state index in [9.17, 15) is 0 Å². The minimum atomic E-state index is 0.608. The number of rotatable bonds is 2. The number of para-hydroxylation sites is 1. The number of aryl methyl sites for hydroxylation is 1. The lowest BCUT2D eigenvalue weighted by Crippen LogP contribution is -2.02. The highest BCUT2D eigenvalue weighted by molar-refractivity contribution is 9.10. The third-order valence-corrected chi connectivity index (χ3v) is 3.58. The molecule has 0 unspecified atom stereocenters. The first-order valence-electron chi connectivity index (χ1n) is 5.15. The molecule has 1 heterocycles. The van der Waals surface area contributed by atoms with Gasteiger partial charge in [0.15, 0.2) is 0 Å². The molecule has 0 radical (unpaired) electrons. The molecule has 0 aliphatic rings. The van der Waals surface area contributed by atoms with Gasteiger partial charge in [0.1, 0.15) is 0 Å². The number of halogens is 1. The summed E-state index contributed by atoms with van der Waals surface area (Å²) in [5, 5.41) is 1.27. The van der Waals surface area contributed by atoms with Crippen molar-refractivity contribution in [2.45, 2.75) is 19.9 Å². The summed E-state index contributed by atoms with van der Waals surface area (Å²) >= 11 is 3.59.